The summed E-state index contributed by atoms with van der Waals surface area (Å²) >= 11 is 6.13. The zero-order chi connectivity index (χ0) is 15.6. The van der Waals surface area contributed by atoms with Crippen LogP contribution in [0.25, 0.3) is 0 Å². The molecule has 4 fully saturated rings. The fourth-order valence-electron chi connectivity index (χ4n) is 4.36. The molecule has 4 nitrogen and oxygen atoms in total. The Morgan fingerprint density at radius 2 is 1.82 bits per heavy atom. The fourth-order valence-corrected chi connectivity index (χ4v) is 4.53. The van der Waals surface area contributed by atoms with Gasteiger partial charge < -0.3 is 0 Å². The lowest BCUT2D eigenvalue weighted by atomic mass is 9.59. The van der Waals surface area contributed by atoms with Crippen molar-refractivity contribution in [2.24, 2.45) is 23.7 Å². The average Bonchev–Trinajstić information content (AvgIpc) is 2.76. The van der Waals surface area contributed by atoms with E-state index in [4.69, 9.17) is 11.6 Å². The highest BCUT2D eigenvalue weighted by Crippen LogP contribution is 2.52. The summed E-state index contributed by atoms with van der Waals surface area (Å²) in [5.41, 5.74) is 1.42. The van der Waals surface area contributed by atoms with Gasteiger partial charge in [-0.1, -0.05) is 17.7 Å². The lowest BCUT2D eigenvalue weighted by Gasteiger charge is -2.41. The van der Waals surface area contributed by atoms with Gasteiger partial charge in [-0.3, -0.25) is 14.4 Å². The van der Waals surface area contributed by atoms with Crippen molar-refractivity contribution in [1.29, 1.82) is 0 Å². The number of benzene rings is 1. The van der Waals surface area contributed by atoms with Gasteiger partial charge >= 0.3 is 0 Å². The van der Waals surface area contributed by atoms with Crippen molar-refractivity contribution in [1.82, 2.24) is 0 Å². The van der Waals surface area contributed by atoms with Gasteiger partial charge in [0.1, 0.15) is 5.78 Å². The first-order valence-corrected chi connectivity index (χ1v) is 8.03. The van der Waals surface area contributed by atoms with E-state index in [2.05, 4.69) is 0 Å². The third-order valence-electron chi connectivity index (χ3n) is 5.48. The highest BCUT2D eigenvalue weighted by atomic mass is 35.5. The number of aryl methyl sites for hydroxylation is 1. The minimum Gasteiger partial charge on any atom is -0.299 e. The summed E-state index contributed by atoms with van der Waals surface area (Å²) in [4.78, 5) is 38.9. The second kappa shape index (κ2) is 4.66. The zero-order valence-corrected chi connectivity index (χ0v) is 13.0. The van der Waals surface area contributed by atoms with Crippen LogP contribution in [0.3, 0.4) is 0 Å². The van der Waals surface area contributed by atoms with Crippen molar-refractivity contribution in [3.63, 3.8) is 0 Å². The number of carbonyl (C=O) groups excluding carboxylic acids is 3. The smallest absolute Gasteiger partial charge is 0.238 e. The molecule has 1 aliphatic heterocycles. The van der Waals surface area contributed by atoms with Crippen LogP contribution in [0.15, 0.2) is 18.2 Å². The number of ketones is 1. The highest BCUT2D eigenvalue weighted by molar-refractivity contribution is 6.32. The topological polar surface area (TPSA) is 54.5 Å². The molecule has 5 heteroatoms. The summed E-state index contributed by atoms with van der Waals surface area (Å²) in [6, 6.07) is 5.21. The first kappa shape index (κ1) is 13.9. The summed E-state index contributed by atoms with van der Waals surface area (Å²) in [7, 11) is 0. The molecule has 4 unspecified atom stereocenters. The van der Waals surface area contributed by atoms with E-state index in [-0.39, 0.29) is 35.4 Å². The highest BCUT2D eigenvalue weighted by Gasteiger charge is 2.60. The molecular weight excluding hydrogens is 302 g/mol. The molecule has 3 saturated carbocycles. The lowest BCUT2D eigenvalue weighted by Crippen LogP contribution is -2.46. The number of amides is 2. The van der Waals surface area contributed by atoms with E-state index in [1.807, 2.05) is 6.92 Å². The van der Waals surface area contributed by atoms with Gasteiger partial charge in [0.25, 0.3) is 0 Å². The molecule has 0 radical (unpaired) electrons. The Kier molecular flexibility index (Phi) is 2.95. The van der Waals surface area contributed by atoms with Crippen molar-refractivity contribution in [2.45, 2.75) is 26.2 Å². The van der Waals surface area contributed by atoms with Crippen LogP contribution in [0.4, 0.5) is 5.69 Å². The van der Waals surface area contributed by atoms with Crippen LogP contribution in [-0.4, -0.2) is 17.6 Å². The standard InChI is InChI=1S/C17H16ClNO3/c1-8-2-4-10(7-12(8)18)19-16(21)14-9-3-5-11(13(20)6-9)15(14)17(19)22/h2,4,7,9,11,14-15H,3,5-6H2,1H3. The van der Waals surface area contributed by atoms with E-state index < -0.39 is 5.92 Å². The van der Waals surface area contributed by atoms with Crippen LogP contribution < -0.4 is 4.90 Å². The van der Waals surface area contributed by atoms with Crippen LogP contribution in [0, 0.1) is 30.6 Å². The second-order valence-corrected chi connectivity index (χ2v) is 7.02. The minimum absolute atomic E-state index is 0.0323. The Morgan fingerprint density at radius 3 is 2.50 bits per heavy atom. The molecular formula is C17H16ClNO3. The van der Waals surface area contributed by atoms with Crippen LogP contribution in [0.1, 0.15) is 24.8 Å². The van der Waals surface area contributed by atoms with Gasteiger partial charge in [0.15, 0.2) is 0 Å². The lowest BCUT2D eigenvalue weighted by molar-refractivity contribution is -0.143. The van der Waals surface area contributed by atoms with Gasteiger partial charge in [-0.05, 0) is 43.4 Å². The molecule has 114 valence electrons. The summed E-state index contributed by atoms with van der Waals surface area (Å²) in [6.45, 7) is 1.87. The normalized spacial score (nSPS) is 33.5. The first-order chi connectivity index (χ1) is 10.5. The molecule has 4 atom stereocenters. The molecule has 1 saturated heterocycles. The molecule has 0 spiro atoms. The number of hydrogen-bond acceptors (Lipinski definition) is 3. The predicted octanol–water partition coefficient (Wildman–Crippen LogP) is 2.75. The minimum atomic E-state index is -0.451. The molecule has 0 N–H and O–H groups in total. The Bertz CT molecular complexity index is 714. The quantitative estimate of drug-likeness (QED) is 0.748. The van der Waals surface area contributed by atoms with E-state index >= 15 is 0 Å². The van der Waals surface area contributed by atoms with Crippen molar-refractivity contribution >= 4 is 34.9 Å². The van der Waals surface area contributed by atoms with Crippen molar-refractivity contribution < 1.29 is 14.4 Å². The van der Waals surface area contributed by atoms with E-state index in [1.165, 1.54) is 4.90 Å². The summed E-state index contributed by atoms with van der Waals surface area (Å²) in [5, 5.41) is 0.534. The van der Waals surface area contributed by atoms with Crippen molar-refractivity contribution in [2.75, 3.05) is 4.90 Å². The number of rotatable bonds is 1. The van der Waals surface area contributed by atoms with Crippen LogP contribution >= 0.6 is 11.6 Å². The molecule has 1 aromatic carbocycles. The van der Waals surface area contributed by atoms with Gasteiger partial charge in [-0.25, -0.2) is 4.90 Å². The van der Waals surface area contributed by atoms with E-state index in [9.17, 15) is 14.4 Å². The number of fused-ring (bicyclic) bond motifs is 2. The van der Waals surface area contributed by atoms with Crippen LogP contribution in [-0.2, 0) is 14.4 Å². The van der Waals surface area contributed by atoms with Crippen LogP contribution in [0.2, 0.25) is 5.02 Å². The first-order valence-electron chi connectivity index (χ1n) is 7.65. The van der Waals surface area contributed by atoms with Crippen molar-refractivity contribution in [3.8, 4) is 0 Å². The molecule has 4 aliphatic rings. The number of nitrogens with zero attached hydrogens (tertiary/aromatic N) is 1. The number of Topliss-reactive ketones (excluding diaryl/α,β-unsaturated/α-hetero) is 1. The Morgan fingerprint density at radius 1 is 1.09 bits per heavy atom. The predicted molar refractivity (Wildman–Crippen MR) is 81.5 cm³/mol. The molecule has 2 bridgehead atoms. The monoisotopic (exact) mass is 317 g/mol. The maximum Gasteiger partial charge on any atom is 0.238 e. The van der Waals surface area contributed by atoms with E-state index in [1.54, 1.807) is 18.2 Å². The Labute approximate surface area is 133 Å². The van der Waals surface area contributed by atoms with Gasteiger partial charge in [0.05, 0.1) is 17.5 Å². The number of halogens is 1. The molecule has 0 aromatic heterocycles. The van der Waals surface area contributed by atoms with Gasteiger partial charge in [0.2, 0.25) is 11.8 Å². The average molecular weight is 318 g/mol. The Hall–Kier alpha value is -1.68. The van der Waals surface area contributed by atoms with Crippen molar-refractivity contribution in [3.05, 3.63) is 28.8 Å². The molecule has 1 heterocycles. The molecule has 5 rings (SSSR count). The maximum atomic E-state index is 12.8. The summed E-state index contributed by atoms with van der Waals surface area (Å²) < 4.78 is 0. The van der Waals surface area contributed by atoms with Gasteiger partial charge in [-0.15, -0.1) is 0 Å². The third-order valence-corrected chi connectivity index (χ3v) is 5.89. The molecule has 3 aliphatic carbocycles. The summed E-state index contributed by atoms with van der Waals surface area (Å²) in [6.07, 6.45) is 2.07. The number of carbonyl (C=O) groups is 3. The van der Waals surface area contributed by atoms with Gasteiger partial charge in [-0.2, -0.15) is 0 Å². The van der Waals surface area contributed by atoms with Gasteiger partial charge in [0, 0.05) is 17.4 Å². The number of anilines is 1. The maximum absolute atomic E-state index is 12.8. The SMILES string of the molecule is Cc1ccc(N2C(=O)C3C4CCC(C(=O)C4)C3C2=O)cc1Cl. The molecule has 2 amide bonds. The number of hydrogen-bond donors (Lipinski definition) is 0. The fraction of sp³-hybridized carbons (Fsp3) is 0.471. The molecule has 22 heavy (non-hydrogen) atoms. The largest absolute Gasteiger partial charge is 0.299 e. The Balaban J connectivity index is 1.77. The third kappa shape index (κ3) is 1.73. The second-order valence-electron chi connectivity index (χ2n) is 6.61. The van der Waals surface area contributed by atoms with E-state index in [0.717, 1.165) is 18.4 Å². The number of imide groups is 1. The van der Waals surface area contributed by atoms with E-state index in [0.29, 0.717) is 17.1 Å². The summed E-state index contributed by atoms with van der Waals surface area (Å²) in [5.74, 6) is -1.23. The molecule has 1 aromatic rings. The zero-order valence-electron chi connectivity index (χ0n) is 12.2. The van der Waals surface area contributed by atoms with Crippen LogP contribution in [0.5, 0.6) is 0 Å².